The molecule has 2 atom stereocenters. The number of carbonyl (C=O) groups excluding carboxylic acids is 1. The van der Waals surface area contributed by atoms with E-state index in [2.05, 4.69) is 0 Å². The van der Waals surface area contributed by atoms with Crippen molar-refractivity contribution in [2.45, 2.75) is 26.0 Å². The summed E-state index contributed by atoms with van der Waals surface area (Å²) in [7, 11) is 0. The Morgan fingerprint density at radius 1 is 1.67 bits per heavy atom. The lowest BCUT2D eigenvalue weighted by atomic mass is 10.2. The number of aliphatic hydroxyl groups is 1. The first kappa shape index (κ1) is 9.48. The molecule has 0 spiro atoms. The molecule has 1 amide bonds. The third-order valence-corrected chi connectivity index (χ3v) is 2.06. The molecule has 0 aromatic rings. The molecule has 4 nitrogen and oxygen atoms in total. The van der Waals surface area contributed by atoms with Crippen LogP contribution in [0, 0.1) is 0 Å². The summed E-state index contributed by atoms with van der Waals surface area (Å²) in [4.78, 5) is 12.8. The van der Waals surface area contributed by atoms with Gasteiger partial charge in [0.05, 0.1) is 18.8 Å². The van der Waals surface area contributed by atoms with Crippen LogP contribution in [0.15, 0.2) is 0 Å². The van der Waals surface area contributed by atoms with Crippen LogP contribution in [0.1, 0.15) is 13.8 Å². The van der Waals surface area contributed by atoms with Crippen LogP contribution < -0.4 is 0 Å². The normalized spacial score (nSPS) is 30.4. The fourth-order valence-electron chi connectivity index (χ4n) is 1.34. The van der Waals surface area contributed by atoms with Crippen LogP contribution in [-0.4, -0.2) is 47.8 Å². The molecule has 0 aromatic carbocycles. The fourth-order valence-corrected chi connectivity index (χ4v) is 1.34. The van der Waals surface area contributed by atoms with Gasteiger partial charge in [0.1, 0.15) is 6.61 Å². The molecule has 1 saturated heterocycles. The third-order valence-electron chi connectivity index (χ3n) is 2.06. The van der Waals surface area contributed by atoms with Gasteiger partial charge in [0, 0.05) is 6.54 Å². The summed E-state index contributed by atoms with van der Waals surface area (Å²) in [6.45, 7) is 4.58. The van der Waals surface area contributed by atoms with Crippen molar-refractivity contribution in [2.75, 3.05) is 19.8 Å². The Balaban J connectivity index is 2.54. The van der Waals surface area contributed by atoms with E-state index < -0.39 is 6.61 Å². The van der Waals surface area contributed by atoms with Gasteiger partial charge in [-0.15, -0.1) is 0 Å². The second kappa shape index (κ2) is 3.87. The molecule has 0 bridgehead atoms. The van der Waals surface area contributed by atoms with Crippen LogP contribution in [0.4, 0.5) is 0 Å². The highest BCUT2D eigenvalue weighted by molar-refractivity contribution is 5.77. The van der Waals surface area contributed by atoms with Crippen LogP contribution in [-0.2, 0) is 9.53 Å². The number of rotatable bonds is 1. The van der Waals surface area contributed by atoms with E-state index in [4.69, 9.17) is 9.84 Å². The molecule has 0 saturated carbocycles. The lowest BCUT2D eigenvalue weighted by Crippen LogP contribution is -2.51. The Hall–Kier alpha value is -0.610. The highest BCUT2D eigenvalue weighted by atomic mass is 16.5. The van der Waals surface area contributed by atoms with Crippen LogP contribution in [0.3, 0.4) is 0 Å². The van der Waals surface area contributed by atoms with E-state index in [1.54, 1.807) is 4.90 Å². The first-order chi connectivity index (χ1) is 5.65. The van der Waals surface area contributed by atoms with Crippen molar-refractivity contribution in [1.29, 1.82) is 0 Å². The molecule has 4 heteroatoms. The molecule has 2 unspecified atom stereocenters. The Kier molecular flexibility index (Phi) is 3.05. The predicted molar refractivity (Wildman–Crippen MR) is 43.7 cm³/mol. The van der Waals surface area contributed by atoms with Crippen molar-refractivity contribution >= 4 is 5.91 Å². The summed E-state index contributed by atoms with van der Waals surface area (Å²) in [5.74, 6) is -0.211. The van der Waals surface area contributed by atoms with Gasteiger partial charge in [-0.05, 0) is 13.8 Å². The molecular formula is C8H15NO3. The Morgan fingerprint density at radius 3 is 2.92 bits per heavy atom. The van der Waals surface area contributed by atoms with Gasteiger partial charge in [-0.1, -0.05) is 0 Å². The smallest absolute Gasteiger partial charge is 0.248 e. The number of ether oxygens (including phenoxy) is 1. The minimum Gasteiger partial charge on any atom is -0.387 e. The minimum atomic E-state index is -0.406. The molecule has 1 rings (SSSR count). The number of carbonyl (C=O) groups is 1. The summed E-state index contributed by atoms with van der Waals surface area (Å²) in [6.07, 6.45) is 0.0803. The maximum absolute atomic E-state index is 11.1. The van der Waals surface area contributed by atoms with Crippen molar-refractivity contribution in [3.63, 3.8) is 0 Å². The molecule has 1 aliphatic rings. The van der Waals surface area contributed by atoms with E-state index in [1.807, 2.05) is 13.8 Å². The predicted octanol–water partition coefficient (Wildman–Crippen LogP) is -0.385. The van der Waals surface area contributed by atoms with Crippen molar-refractivity contribution in [1.82, 2.24) is 4.90 Å². The highest BCUT2D eigenvalue weighted by Crippen LogP contribution is 2.10. The standard InChI is InChI=1S/C8H15NO3/c1-6-5-12-7(2)3-9(6)8(11)4-10/h6-7,10H,3-5H2,1-2H3. The van der Waals surface area contributed by atoms with Crippen molar-refractivity contribution in [2.24, 2.45) is 0 Å². The first-order valence-corrected chi connectivity index (χ1v) is 4.17. The van der Waals surface area contributed by atoms with E-state index in [0.29, 0.717) is 13.2 Å². The average Bonchev–Trinajstić information content (AvgIpc) is 2.08. The number of morpholine rings is 1. The molecule has 0 aliphatic carbocycles. The molecule has 1 heterocycles. The lowest BCUT2D eigenvalue weighted by molar-refractivity contribution is -0.146. The maximum Gasteiger partial charge on any atom is 0.248 e. The summed E-state index contributed by atoms with van der Waals surface area (Å²) in [5, 5.41) is 8.66. The molecule has 0 aromatic heterocycles. The van der Waals surface area contributed by atoms with Crippen molar-refractivity contribution in [3.8, 4) is 0 Å². The molecule has 1 N–H and O–H groups in total. The Labute approximate surface area is 72.1 Å². The number of aliphatic hydroxyl groups excluding tert-OH is 1. The van der Waals surface area contributed by atoms with E-state index in [-0.39, 0.29) is 18.1 Å². The maximum atomic E-state index is 11.1. The molecule has 1 aliphatic heterocycles. The zero-order valence-electron chi connectivity index (χ0n) is 7.49. The first-order valence-electron chi connectivity index (χ1n) is 4.17. The average molecular weight is 173 g/mol. The summed E-state index contributed by atoms with van der Waals surface area (Å²) in [5.41, 5.74) is 0. The second-order valence-electron chi connectivity index (χ2n) is 3.20. The second-order valence-corrected chi connectivity index (χ2v) is 3.20. The van der Waals surface area contributed by atoms with Crippen molar-refractivity contribution in [3.05, 3.63) is 0 Å². The Bertz CT molecular complexity index is 172. The number of amides is 1. The molecular weight excluding hydrogens is 158 g/mol. The quantitative estimate of drug-likeness (QED) is 0.587. The molecule has 1 fully saturated rings. The van der Waals surface area contributed by atoms with E-state index >= 15 is 0 Å². The molecule has 0 radical (unpaired) electrons. The van der Waals surface area contributed by atoms with Gasteiger partial charge in [0.2, 0.25) is 5.91 Å². The van der Waals surface area contributed by atoms with Crippen molar-refractivity contribution < 1.29 is 14.6 Å². The minimum absolute atomic E-state index is 0.0803. The zero-order chi connectivity index (χ0) is 9.14. The van der Waals surface area contributed by atoms with Crippen LogP contribution in [0.5, 0.6) is 0 Å². The number of hydrogen-bond donors (Lipinski definition) is 1. The summed E-state index contributed by atoms with van der Waals surface area (Å²) >= 11 is 0. The largest absolute Gasteiger partial charge is 0.387 e. The third kappa shape index (κ3) is 1.95. The Morgan fingerprint density at radius 2 is 2.33 bits per heavy atom. The summed E-state index contributed by atoms with van der Waals surface area (Å²) in [6, 6.07) is 0.0841. The highest BCUT2D eigenvalue weighted by Gasteiger charge is 2.26. The van der Waals surface area contributed by atoms with E-state index in [9.17, 15) is 4.79 Å². The number of nitrogens with zero attached hydrogens (tertiary/aromatic N) is 1. The summed E-state index contributed by atoms with van der Waals surface area (Å²) < 4.78 is 5.34. The zero-order valence-corrected chi connectivity index (χ0v) is 7.49. The van der Waals surface area contributed by atoms with Gasteiger partial charge in [0.25, 0.3) is 0 Å². The van der Waals surface area contributed by atoms with Crippen LogP contribution >= 0.6 is 0 Å². The van der Waals surface area contributed by atoms with E-state index in [1.165, 1.54) is 0 Å². The van der Waals surface area contributed by atoms with Gasteiger partial charge in [-0.2, -0.15) is 0 Å². The SMILES string of the molecule is CC1CN(C(=O)CO)C(C)CO1. The van der Waals surface area contributed by atoms with Crippen LogP contribution in [0.25, 0.3) is 0 Å². The van der Waals surface area contributed by atoms with Crippen LogP contribution in [0.2, 0.25) is 0 Å². The monoisotopic (exact) mass is 173 g/mol. The molecule has 70 valence electrons. The van der Waals surface area contributed by atoms with Gasteiger partial charge in [-0.25, -0.2) is 0 Å². The van der Waals surface area contributed by atoms with E-state index in [0.717, 1.165) is 0 Å². The molecule has 12 heavy (non-hydrogen) atoms. The number of hydrogen-bond acceptors (Lipinski definition) is 3. The van der Waals surface area contributed by atoms with Gasteiger partial charge in [-0.3, -0.25) is 4.79 Å². The van der Waals surface area contributed by atoms with Gasteiger partial charge in [0.15, 0.2) is 0 Å². The van der Waals surface area contributed by atoms with Gasteiger partial charge >= 0.3 is 0 Å². The lowest BCUT2D eigenvalue weighted by Gasteiger charge is -2.36. The van der Waals surface area contributed by atoms with Gasteiger partial charge < -0.3 is 14.7 Å². The fraction of sp³-hybridized carbons (Fsp3) is 0.875. The topological polar surface area (TPSA) is 49.8 Å².